The zero-order chi connectivity index (χ0) is 16.3. The highest BCUT2D eigenvalue weighted by atomic mass is 32.5. The van der Waals surface area contributed by atoms with E-state index >= 15 is 0 Å². The predicted molar refractivity (Wildman–Crippen MR) is 89.2 cm³/mol. The highest BCUT2D eigenvalue weighted by molar-refractivity contribution is 8.11. The van der Waals surface area contributed by atoms with Gasteiger partial charge < -0.3 is 24.5 Å². The summed E-state index contributed by atoms with van der Waals surface area (Å²) in [4.78, 5) is 40.6. The van der Waals surface area contributed by atoms with E-state index in [-0.39, 0.29) is 5.56 Å². The van der Waals surface area contributed by atoms with E-state index in [1.165, 1.54) is 12.1 Å². The van der Waals surface area contributed by atoms with Gasteiger partial charge in [0.1, 0.15) is 0 Å². The van der Waals surface area contributed by atoms with Crippen molar-refractivity contribution < 1.29 is 24.1 Å². The number of hydrogen-bond donors (Lipinski definition) is 4. The Kier molecular flexibility index (Phi) is 7.06. The van der Waals surface area contributed by atoms with Gasteiger partial charge in [-0.05, 0) is 43.6 Å². The van der Waals surface area contributed by atoms with Crippen molar-refractivity contribution in [1.29, 1.82) is 0 Å². The maximum Gasteiger partial charge on any atom is 0.342 e. The maximum atomic E-state index is 11.4. The van der Waals surface area contributed by atoms with Crippen molar-refractivity contribution >= 4 is 37.7 Å². The Labute approximate surface area is 133 Å². The first-order valence-corrected chi connectivity index (χ1v) is 11.4. The van der Waals surface area contributed by atoms with Crippen LogP contribution in [0, 0.1) is 0 Å². The molecular weight excluding hydrogens is 352 g/mol. The summed E-state index contributed by atoms with van der Waals surface area (Å²) in [6.07, 6.45) is 0. The molecule has 0 aromatic heterocycles. The van der Waals surface area contributed by atoms with E-state index in [2.05, 4.69) is 16.7 Å². The van der Waals surface area contributed by atoms with Crippen LogP contribution in [0.3, 0.4) is 0 Å². The van der Waals surface area contributed by atoms with Crippen molar-refractivity contribution in [2.75, 3.05) is 26.4 Å². The van der Waals surface area contributed by atoms with E-state index in [4.69, 9.17) is 0 Å². The summed E-state index contributed by atoms with van der Waals surface area (Å²) >= 11 is 6.09. The van der Waals surface area contributed by atoms with Gasteiger partial charge in [-0.2, -0.15) is 0 Å². The molecule has 0 bridgehead atoms. The molecular formula is C11H19NO5P2S2. The summed E-state index contributed by atoms with van der Waals surface area (Å²) in [7, 11) is -0.785. The first-order valence-electron chi connectivity index (χ1n) is 6.00. The van der Waals surface area contributed by atoms with Crippen molar-refractivity contribution in [3.05, 3.63) is 29.8 Å². The first-order chi connectivity index (χ1) is 9.51. The summed E-state index contributed by atoms with van der Waals surface area (Å²) in [6.45, 7) is -3.20. The Morgan fingerprint density at radius 3 is 2.10 bits per heavy atom. The van der Waals surface area contributed by atoms with Crippen LogP contribution >= 0.6 is 25.8 Å². The number of benzene rings is 1. The molecule has 6 nitrogen and oxygen atoms in total. The molecule has 1 rings (SSSR count). The van der Waals surface area contributed by atoms with E-state index in [0.717, 1.165) is 17.2 Å². The van der Waals surface area contributed by atoms with Gasteiger partial charge in [-0.15, -0.1) is 11.8 Å². The zero-order valence-electron chi connectivity index (χ0n) is 11.7. The molecule has 0 heterocycles. The average molecular weight is 371 g/mol. The molecule has 10 heteroatoms. The van der Waals surface area contributed by atoms with Crippen molar-refractivity contribution in [2.45, 2.75) is 10.3 Å². The number of rotatable bonds is 7. The molecule has 0 saturated heterocycles. The van der Waals surface area contributed by atoms with Crippen molar-refractivity contribution in [3.8, 4) is 0 Å². The topological polar surface area (TPSA) is 101 Å². The van der Waals surface area contributed by atoms with Gasteiger partial charge in [0, 0.05) is 17.2 Å². The van der Waals surface area contributed by atoms with E-state index in [0.29, 0.717) is 0 Å². The van der Waals surface area contributed by atoms with Gasteiger partial charge in [0.15, 0.2) is 5.40 Å². The Morgan fingerprint density at radius 2 is 1.71 bits per heavy atom. The van der Waals surface area contributed by atoms with Gasteiger partial charge >= 0.3 is 7.60 Å². The second-order valence-corrected chi connectivity index (χ2v) is 11.3. The second-order valence-electron chi connectivity index (χ2n) is 4.77. The van der Waals surface area contributed by atoms with E-state index in [9.17, 15) is 24.1 Å². The van der Waals surface area contributed by atoms with Crippen molar-refractivity contribution in [2.24, 2.45) is 0 Å². The van der Waals surface area contributed by atoms with Crippen LogP contribution < -0.4 is 0 Å². The quantitative estimate of drug-likeness (QED) is 0.425. The molecule has 1 unspecified atom stereocenters. The lowest BCUT2D eigenvalue weighted by Crippen LogP contribution is -2.14. The summed E-state index contributed by atoms with van der Waals surface area (Å²) in [5, 5.41) is -1.74. The zero-order valence-corrected chi connectivity index (χ0v) is 15.1. The third-order valence-corrected chi connectivity index (χ3v) is 8.46. The Hall–Kier alpha value is 0.250. The molecule has 0 radical (unpaired) electrons. The second kappa shape index (κ2) is 7.68. The number of hydrogen-bond acceptors (Lipinski definition) is 4. The molecule has 0 aliphatic heterocycles. The minimum Gasteiger partial charge on any atom is -0.344 e. The molecule has 1 atom stereocenters. The van der Waals surface area contributed by atoms with Gasteiger partial charge in [-0.25, -0.2) is 0 Å². The summed E-state index contributed by atoms with van der Waals surface area (Å²) in [5.74, 6) is 0.881. The predicted octanol–water partition coefficient (Wildman–Crippen LogP) is 1.81. The Morgan fingerprint density at radius 1 is 1.19 bits per heavy atom. The van der Waals surface area contributed by atoms with Crippen LogP contribution in [-0.2, 0) is 16.4 Å². The average Bonchev–Trinajstić information content (AvgIpc) is 2.27. The van der Waals surface area contributed by atoms with Gasteiger partial charge in [-0.3, -0.25) is 4.57 Å². The molecule has 0 aliphatic rings. The fourth-order valence-corrected chi connectivity index (χ4v) is 6.85. The van der Waals surface area contributed by atoms with Crippen LogP contribution in [0.1, 0.15) is 11.0 Å². The Bertz CT molecular complexity index is 532. The Balaban J connectivity index is 2.89. The molecule has 1 aromatic rings. The van der Waals surface area contributed by atoms with Gasteiger partial charge in [0.05, 0.1) is 0 Å². The SMILES string of the molecule is CN(C)CCSc1ccc(C(P(=O)(O)O)P(O)(O)=S)cc1. The summed E-state index contributed by atoms with van der Waals surface area (Å²) < 4.78 is 11.4. The van der Waals surface area contributed by atoms with Crippen molar-refractivity contribution in [1.82, 2.24) is 4.90 Å². The van der Waals surface area contributed by atoms with Crippen LogP contribution in [0.2, 0.25) is 0 Å². The normalized spacial score (nSPS) is 14.4. The minimum absolute atomic E-state index is 0.147. The van der Waals surface area contributed by atoms with Crippen LogP contribution in [0.5, 0.6) is 0 Å². The third kappa shape index (κ3) is 6.48. The van der Waals surface area contributed by atoms with E-state index < -0.39 is 19.5 Å². The lowest BCUT2D eigenvalue weighted by Gasteiger charge is -2.22. The molecule has 0 spiro atoms. The van der Waals surface area contributed by atoms with E-state index in [1.54, 1.807) is 23.9 Å². The lowest BCUT2D eigenvalue weighted by molar-refractivity contribution is 0.363. The third-order valence-electron chi connectivity index (χ3n) is 2.62. The van der Waals surface area contributed by atoms with Crippen LogP contribution in [0.25, 0.3) is 0 Å². The maximum absolute atomic E-state index is 11.4. The molecule has 0 fully saturated rings. The fraction of sp³-hybridized carbons (Fsp3) is 0.455. The molecule has 120 valence electrons. The summed E-state index contributed by atoms with van der Waals surface area (Å²) in [5.41, 5.74) is 0.147. The molecule has 0 aliphatic carbocycles. The highest BCUT2D eigenvalue weighted by Crippen LogP contribution is 2.69. The molecule has 21 heavy (non-hydrogen) atoms. The number of nitrogens with zero attached hydrogens (tertiary/aromatic N) is 1. The van der Waals surface area contributed by atoms with Crippen LogP contribution in [0.4, 0.5) is 0 Å². The molecule has 0 amide bonds. The van der Waals surface area contributed by atoms with Crippen molar-refractivity contribution in [3.63, 3.8) is 0 Å². The summed E-state index contributed by atoms with van der Waals surface area (Å²) in [6, 6.07) is 6.36. The standard InChI is InChI=1S/C11H19NO5P2S2/c1-12(2)7-8-21-10-5-3-9(4-6-10)11(18(13,14)15)19(16,17)20/h3-6,11H,7-8H2,1-2H3,(H2,13,14,15)(H2,16,17,20). The van der Waals surface area contributed by atoms with Gasteiger partial charge in [0.2, 0.25) is 6.49 Å². The van der Waals surface area contributed by atoms with Gasteiger partial charge in [0.25, 0.3) is 0 Å². The number of thioether (sulfide) groups is 1. The minimum atomic E-state index is -4.74. The van der Waals surface area contributed by atoms with Gasteiger partial charge in [-0.1, -0.05) is 12.1 Å². The molecule has 1 aromatic carbocycles. The molecule has 4 N–H and O–H groups in total. The van der Waals surface area contributed by atoms with E-state index in [1.807, 2.05) is 14.1 Å². The smallest absolute Gasteiger partial charge is 0.342 e. The monoisotopic (exact) mass is 371 g/mol. The first kappa shape index (κ1) is 19.3. The lowest BCUT2D eigenvalue weighted by atomic mass is 10.2. The molecule has 0 saturated carbocycles. The fourth-order valence-electron chi connectivity index (χ4n) is 1.67. The largest absolute Gasteiger partial charge is 0.344 e. The van der Waals surface area contributed by atoms with Crippen LogP contribution in [-0.4, -0.2) is 50.9 Å². The van der Waals surface area contributed by atoms with Crippen LogP contribution in [0.15, 0.2) is 29.2 Å². The highest BCUT2D eigenvalue weighted by Gasteiger charge is 2.41.